The molecule has 0 atom stereocenters. The van der Waals surface area contributed by atoms with Crippen LogP contribution in [0.5, 0.6) is 0 Å². The molecule has 20 heavy (non-hydrogen) atoms. The van der Waals surface area contributed by atoms with E-state index < -0.39 is 16.0 Å². The van der Waals surface area contributed by atoms with Crippen molar-refractivity contribution in [1.82, 2.24) is 9.55 Å². The third-order valence-corrected chi connectivity index (χ3v) is 3.44. The highest BCUT2D eigenvalue weighted by Crippen LogP contribution is 2.20. The molecule has 2 rings (SSSR count). The van der Waals surface area contributed by atoms with Gasteiger partial charge in [0.1, 0.15) is 6.07 Å². The first-order chi connectivity index (χ1) is 9.34. The minimum absolute atomic E-state index is 0.0177. The first-order valence-electron chi connectivity index (χ1n) is 5.18. The first-order valence-corrected chi connectivity index (χ1v) is 6.73. The number of imidazole rings is 1. The summed E-state index contributed by atoms with van der Waals surface area (Å²) >= 11 is 0. The molecule has 0 aliphatic rings. The van der Waals surface area contributed by atoms with E-state index in [1.807, 2.05) is 0 Å². The molecule has 2 aromatic rings. The van der Waals surface area contributed by atoms with E-state index in [-0.39, 0.29) is 22.0 Å². The standard InChI is InChI=1S/C11H8N4O4S/c12-6-10-14-3-4-15(10)9-2-1-7(20(13,18)19)5-8(9)11(16)17/h1-5H,(H,16,17)(H2,13,18,19). The van der Waals surface area contributed by atoms with E-state index >= 15 is 0 Å². The van der Waals surface area contributed by atoms with Crippen molar-refractivity contribution in [3.05, 3.63) is 42.0 Å². The fraction of sp³-hybridized carbons (Fsp3) is 0. The second-order valence-electron chi connectivity index (χ2n) is 3.76. The Morgan fingerprint density at radius 2 is 2.15 bits per heavy atom. The zero-order chi connectivity index (χ0) is 14.9. The van der Waals surface area contributed by atoms with E-state index in [0.717, 1.165) is 12.1 Å². The van der Waals surface area contributed by atoms with Crippen LogP contribution in [0.3, 0.4) is 0 Å². The lowest BCUT2D eigenvalue weighted by Gasteiger charge is -2.09. The molecule has 9 heteroatoms. The van der Waals surface area contributed by atoms with Crippen molar-refractivity contribution in [1.29, 1.82) is 5.26 Å². The van der Waals surface area contributed by atoms with Gasteiger partial charge in [0, 0.05) is 12.4 Å². The lowest BCUT2D eigenvalue weighted by atomic mass is 10.1. The van der Waals surface area contributed by atoms with Gasteiger partial charge in [-0.1, -0.05) is 0 Å². The predicted molar refractivity (Wildman–Crippen MR) is 66.6 cm³/mol. The zero-order valence-corrected chi connectivity index (χ0v) is 10.7. The molecular weight excluding hydrogens is 284 g/mol. The normalized spacial score (nSPS) is 11.0. The molecule has 0 bridgehead atoms. The fourth-order valence-corrected chi connectivity index (χ4v) is 2.19. The highest BCUT2D eigenvalue weighted by Gasteiger charge is 2.18. The lowest BCUT2D eigenvalue weighted by molar-refractivity contribution is 0.0696. The minimum atomic E-state index is -4.01. The summed E-state index contributed by atoms with van der Waals surface area (Å²) in [6, 6.07) is 5.16. The van der Waals surface area contributed by atoms with E-state index in [2.05, 4.69) is 4.98 Å². The number of carbonyl (C=O) groups is 1. The molecule has 1 aromatic carbocycles. The summed E-state index contributed by atoms with van der Waals surface area (Å²) in [5, 5.41) is 23.0. The van der Waals surface area contributed by atoms with E-state index in [1.165, 1.54) is 23.0 Å². The van der Waals surface area contributed by atoms with Crippen LogP contribution in [-0.2, 0) is 10.0 Å². The Labute approximate surface area is 113 Å². The number of carboxylic acids is 1. The van der Waals surface area contributed by atoms with Crippen molar-refractivity contribution in [2.45, 2.75) is 4.90 Å². The maximum atomic E-state index is 11.2. The van der Waals surface area contributed by atoms with Gasteiger partial charge in [-0.05, 0) is 18.2 Å². The predicted octanol–water partition coefficient (Wildman–Crippen LogP) is 0.0896. The largest absolute Gasteiger partial charge is 0.478 e. The Morgan fingerprint density at radius 3 is 2.70 bits per heavy atom. The molecule has 0 saturated carbocycles. The molecule has 8 nitrogen and oxygen atoms in total. The average molecular weight is 292 g/mol. The second kappa shape index (κ2) is 4.76. The second-order valence-corrected chi connectivity index (χ2v) is 5.32. The molecule has 3 N–H and O–H groups in total. The van der Waals surface area contributed by atoms with Crippen molar-refractivity contribution in [2.24, 2.45) is 5.14 Å². The van der Waals surface area contributed by atoms with Gasteiger partial charge in [0.05, 0.1) is 16.1 Å². The van der Waals surface area contributed by atoms with Gasteiger partial charge in [-0.25, -0.2) is 23.3 Å². The highest BCUT2D eigenvalue weighted by atomic mass is 32.2. The first kappa shape index (κ1) is 13.7. The Hall–Kier alpha value is -2.70. The summed E-state index contributed by atoms with van der Waals surface area (Å²) in [5.41, 5.74) is -0.176. The number of aromatic nitrogens is 2. The highest BCUT2D eigenvalue weighted by molar-refractivity contribution is 7.89. The van der Waals surface area contributed by atoms with Crippen LogP contribution < -0.4 is 5.14 Å². The van der Waals surface area contributed by atoms with Crippen LogP contribution in [0, 0.1) is 11.3 Å². The van der Waals surface area contributed by atoms with E-state index in [4.69, 9.17) is 15.5 Å². The minimum Gasteiger partial charge on any atom is -0.478 e. The van der Waals surface area contributed by atoms with Gasteiger partial charge in [0.2, 0.25) is 15.8 Å². The number of nitrogens with zero attached hydrogens (tertiary/aromatic N) is 3. The molecule has 0 radical (unpaired) electrons. The quantitative estimate of drug-likeness (QED) is 0.821. The van der Waals surface area contributed by atoms with Crippen LogP contribution in [0.4, 0.5) is 0 Å². The third kappa shape index (κ3) is 2.37. The van der Waals surface area contributed by atoms with Crippen molar-refractivity contribution >= 4 is 16.0 Å². The summed E-state index contributed by atoms with van der Waals surface area (Å²) in [6.07, 6.45) is 2.73. The van der Waals surface area contributed by atoms with Gasteiger partial charge in [0.15, 0.2) is 0 Å². The lowest BCUT2D eigenvalue weighted by Crippen LogP contribution is -2.14. The Morgan fingerprint density at radius 1 is 1.45 bits per heavy atom. The number of nitrogens with two attached hydrogens (primary N) is 1. The van der Waals surface area contributed by atoms with Crippen molar-refractivity contribution < 1.29 is 18.3 Å². The maximum absolute atomic E-state index is 11.2. The number of nitriles is 1. The fourth-order valence-electron chi connectivity index (χ4n) is 1.65. The molecule has 0 aliphatic heterocycles. The number of primary sulfonamides is 1. The number of hydrogen-bond donors (Lipinski definition) is 2. The van der Waals surface area contributed by atoms with Gasteiger partial charge in [0.25, 0.3) is 0 Å². The molecule has 0 amide bonds. The number of benzene rings is 1. The van der Waals surface area contributed by atoms with Gasteiger partial charge >= 0.3 is 5.97 Å². The molecule has 1 aromatic heterocycles. The topological polar surface area (TPSA) is 139 Å². The number of hydrogen-bond acceptors (Lipinski definition) is 5. The average Bonchev–Trinajstić information content (AvgIpc) is 2.84. The van der Waals surface area contributed by atoms with Gasteiger partial charge < -0.3 is 5.11 Å². The zero-order valence-electron chi connectivity index (χ0n) is 9.89. The molecule has 0 fully saturated rings. The number of aromatic carboxylic acids is 1. The smallest absolute Gasteiger partial charge is 0.337 e. The van der Waals surface area contributed by atoms with Crippen molar-refractivity contribution in [3.8, 4) is 11.8 Å². The van der Waals surface area contributed by atoms with Gasteiger partial charge in [-0.3, -0.25) is 4.57 Å². The van der Waals surface area contributed by atoms with Gasteiger partial charge in [-0.15, -0.1) is 0 Å². The summed E-state index contributed by atoms with van der Waals surface area (Å²) in [6.45, 7) is 0. The Balaban J connectivity index is 2.73. The number of sulfonamides is 1. The monoisotopic (exact) mass is 292 g/mol. The van der Waals surface area contributed by atoms with Crippen molar-refractivity contribution in [3.63, 3.8) is 0 Å². The molecule has 0 unspecified atom stereocenters. The summed E-state index contributed by atoms with van der Waals surface area (Å²) < 4.78 is 23.7. The van der Waals surface area contributed by atoms with E-state index in [9.17, 15) is 13.2 Å². The SMILES string of the molecule is N#Cc1nccn1-c1ccc(S(N)(=O)=O)cc1C(=O)O. The molecule has 0 saturated heterocycles. The van der Waals surface area contributed by atoms with Gasteiger partial charge in [-0.2, -0.15) is 5.26 Å². The van der Waals surface area contributed by atoms with Crippen LogP contribution in [0.2, 0.25) is 0 Å². The number of rotatable bonds is 3. The molecule has 1 heterocycles. The molecule has 0 aliphatic carbocycles. The molecule has 102 valence electrons. The van der Waals surface area contributed by atoms with Crippen LogP contribution in [0.1, 0.15) is 16.2 Å². The maximum Gasteiger partial charge on any atom is 0.337 e. The van der Waals surface area contributed by atoms with Crippen molar-refractivity contribution in [2.75, 3.05) is 0 Å². The Kier molecular flexibility index (Phi) is 3.27. The van der Waals surface area contributed by atoms with E-state index in [1.54, 1.807) is 6.07 Å². The van der Waals surface area contributed by atoms with E-state index in [0.29, 0.717) is 0 Å². The van der Waals surface area contributed by atoms with Crippen LogP contribution in [0.15, 0.2) is 35.5 Å². The summed E-state index contributed by atoms with van der Waals surface area (Å²) in [7, 11) is -4.01. The summed E-state index contributed by atoms with van der Waals surface area (Å²) in [5.74, 6) is -1.36. The van der Waals surface area contributed by atoms with Crippen LogP contribution >= 0.6 is 0 Å². The summed E-state index contributed by atoms with van der Waals surface area (Å²) in [4.78, 5) is 14.7. The molecular formula is C11H8N4O4S. The molecule has 0 spiro atoms. The van der Waals surface area contributed by atoms with Crippen LogP contribution in [-0.4, -0.2) is 29.0 Å². The Bertz CT molecular complexity index is 832. The van der Waals surface area contributed by atoms with Crippen LogP contribution in [0.25, 0.3) is 5.69 Å². The third-order valence-electron chi connectivity index (χ3n) is 2.53. The number of carboxylic acid groups (broad SMARTS) is 1.